The zero-order valence-electron chi connectivity index (χ0n) is 16.9. The summed E-state index contributed by atoms with van der Waals surface area (Å²) in [5.41, 5.74) is 8.91. The number of anilines is 1. The third kappa shape index (κ3) is 3.85. The maximum atomic E-state index is 13.2. The minimum Gasteiger partial charge on any atom is -0.451 e. The van der Waals surface area contributed by atoms with Gasteiger partial charge in [0.25, 0.3) is 5.91 Å². The SMILES string of the molecule is Cc1c(C(=O)NCCCc2nn(-c3ccc(F)cc3)c(N)c2C#N)oc2ccccc12. The van der Waals surface area contributed by atoms with E-state index in [-0.39, 0.29) is 23.1 Å². The molecule has 31 heavy (non-hydrogen) atoms. The first kappa shape index (κ1) is 20.2. The number of hydrogen-bond donors (Lipinski definition) is 2. The molecule has 2 aromatic heterocycles. The van der Waals surface area contributed by atoms with Crippen molar-refractivity contribution in [2.45, 2.75) is 19.8 Å². The second-order valence-electron chi connectivity index (χ2n) is 7.12. The van der Waals surface area contributed by atoms with Crippen molar-refractivity contribution in [3.63, 3.8) is 0 Å². The molecular weight excluding hydrogens is 397 g/mol. The van der Waals surface area contributed by atoms with Gasteiger partial charge in [-0.25, -0.2) is 9.07 Å². The number of halogens is 1. The highest BCUT2D eigenvalue weighted by atomic mass is 19.1. The molecule has 4 aromatic rings. The van der Waals surface area contributed by atoms with Gasteiger partial charge in [0.05, 0.1) is 11.4 Å². The van der Waals surface area contributed by atoms with E-state index in [9.17, 15) is 14.4 Å². The number of nitrogen functional groups attached to an aromatic ring is 1. The molecule has 1 amide bonds. The number of amides is 1. The van der Waals surface area contributed by atoms with Crippen LogP contribution >= 0.6 is 0 Å². The summed E-state index contributed by atoms with van der Waals surface area (Å²) < 4.78 is 20.3. The van der Waals surface area contributed by atoms with Gasteiger partial charge in [0, 0.05) is 17.5 Å². The summed E-state index contributed by atoms with van der Waals surface area (Å²) in [4.78, 5) is 12.5. The summed E-state index contributed by atoms with van der Waals surface area (Å²) in [7, 11) is 0. The van der Waals surface area contributed by atoms with Gasteiger partial charge in [0.15, 0.2) is 5.76 Å². The molecule has 0 unspecified atom stereocenters. The Balaban J connectivity index is 1.42. The molecule has 0 aliphatic heterocycles. The predicted octanol–water partition coefficient (Wildman–Crippen LogP) is 3.88. The Morgan fingerprint density at radius 1 is 1.26 bits per heavy atom. The van der Waals surface area contributed by atoms with Crippen LogP contribution in [0.2, 0.25) is 0 Å². The van der Waals surface area contributed by atoms with E-state index < -0.39 is 0 Å². The van der Waals surface area contributed by atoms with Gasteiger partial charge >= 0.3 is 0 Å². The topological polar surface area (TPSA) is 110 Å². The van der Waals surface area contributed by atoms with Gasteiger partial charge in [-0.05, 0) is 50.1 Å². The number of aromatic nitrogens is 2. The number of nitrogens with two attached hydrogens (primary N) is 1. The van der Waals surface area contributed by atoms with Gasteiger partial charge in [-0.15, -0.1) is 0 Å². The number of fused-ring (bicyclic) bond motifs is 1. The summed E-state index contributed by atoms with van der Waals surface area (Å²) in [6.07, 6.45) is 1.00. The lowest BCUT2D eigenvalue weighted by Crippen LogP contribution is -2.25. The molecule has 7 nitrogen and oxygen atoms in total. The van der Waals surface area contributed by atoms with Crippen LogP contribution in [0.5, 0.6) is 0 Å². The first-order valence-corrected chi connectivity index (χ1v) is 9.79. The number of furan rings is 1. The number of carbonyl (C=O) groups excluding carboxylic acids is 1. The average Bonchev–Trinajstić information content (AvgIpc) is 3.28. The number of rotatable bonds is 6. The molecule has 0 saturated carbocycles. The average molecular weight is 417 g/mol. The molecule has 3 N–H and O–H groups in total. The highest BCUT2D eigenvalue weighted by Gasteiger charge is 2.18. The number of nitriles is 1. The summed E-state index contributed by atoms with van der Waals surface area (Å²) >= 11 is 0. The van der Waals surface area contributed by atoms with Crippen LogP contribution < -0.4 is 11.1 Å². The number of nitrogens with one attached hydrogen (secondary N) is 1. The fourth-order valence-electron chi connectivity index (χ4n) is 3.48. The molecule has 0 aliphatic carbocycles. The first-order valence-electron chi connectivity index (χ1n) is 9.79. The van der Waals surface area contributed by atoms with Crippen molar-refractivity contribution >= 4 is 22.7 Å². The number of nitrogens with zero attached hydrogens (tertiary/aromatic N) is 3. The highest BCUT2D eigenvalue weighted by Crippen LogP contribution is 2.25. The summed E-state index contributed by atoms with van der Waals surface area (Å²) in [5, 5.41) is 17.6. The molecule has 8 heteroatoms. The van der Waals surface area contributed by atoms with Crippen molar-refractivity contribution < 1.29 is 13.6 Å². The largest absolute Gasteiger partial charge is 0.451 e. The first-order chi connectivity index (χ1) is 15.0. The van der Waals surface area contributed by atoms with Crippen LogP contribution in [0.15, 0.2) is 52.9 Å². The van der Waals surface area contributed by atoms with Crippen molar-refractivity contribution in [3.8, 4) is 11.8 Å². The van der Waals surface area contributed by atoms with Crippen molar-refractivity contribution in [2.24, 2.45) is 0 Å². The van der Waals surface area contributed by atoms with Crippen LogP contribution in [-0.4, -0.2) is 22.2 Å². The smallest absolute Gasteiger partial charge is 0.287 e. The number of benzene rings is 2. The van der Waals surface area contributed by atoms with Crippen LogP contribution in [0.1, 0.15) is 33.8 Å². The minimum atomic E-state index is -0.370. The summed E-state index contributed by atoms with van der Waals surface area (Å²) in [6.45, 7) is 2.23. The summed E-state index contributed by atoms with van der Waals surface area (Å²) in [6, 6.07) is 15.3. The molecule has 2 aromatic carbocycles. The monoisotopic (exact) mass is 417 g/mol. The third-order valence-corrected chi connectivity index (χ3v) is 5.10. The fraction of sp³-hybridized carbons (Fsp3) is 0.174. The normalized spacial score (nSPS) is 10.9. The van der Waals surface area contributed by atoms with Crippen molar-refractivity contribution in [2.75, 3.05) is 12.3 Å². The van der Waals surface area contributed by atoms with E-state index in [0.29, 0.717) is 42.1 Å². The molecule has 0 radical (unpaired) electrons. The number of carbonyl (C=O) groups is 1. The van der Waals surface area contributed by atoms with Gasteiger partial charge in [-0.1, -0.05) is 18.2 Å². The highest BCUT2D eigenvalue weighted by molar-refractivity contribution is 5.98. The van der Waals surface area contributed by atoms with Crippen molar-refractivity contribution in [1.29, 1.82) is 5.26 Å². The van der Waals surface area contributed by atoms with E-state index in [2.05, 4.69) is 16.5 Å². The van der Waals surface area contributed by atoms with Crippen LogP contribution in [0.3, 0.4) is 0 Å². The Morgan fingerprint density at radius 3 is 2.71 bits per heavy atom. The van der Waals surface area contributed by atoms with E-state index in [0.717, 1.165) is 10.9 Å². The molecule has 0 atom stereocenters. The second-order valence-corrected chi connectivity index (χ2v) is 7.12. The minimum absolute atomic E-state index is 0.200. The lowest BCUT2D eigenvalue weighted by molar-refractivity contribution is 0.0927. The van der Waals surface area contributed by atoms with E-state index in [4.69, 9.17) is 10.2 Å². The zero-order valence-corrected chi connectivity index (χ0v) is 16.9. The molecule has 0 aliphatic rings. The third-order valence-electron chi connectivity index (χ3n) is 5.10. The molecule has 0 bridgehead atoms. The number of aryl methyl sites for hydroxylation is 2. The Hall–Kier alpha value is -4.12. The van der Waals surface area contributed by atoms with Crippen LogP contribution in [0.4, 0.5) is 10.2 Å². The maximum absolute atomic E-state index is 13.2. The van der Waals surface area contributed by atoms with Crippen LogP contribution in [-0.2, 0) is 6.42 Å². The zero-order chi connectivity index (χ0) is 22.0. The molecule has 0 saturated heterocycles. The second kappa shape index (κ2) is 8.32. The number of para-hydroxylation sites is 1. The van der Waals surface area contributed by atoms with Gasteiger partial charge in [-0.2, -0.15) is 10.4 Å². The number of hydrogen-bond acceptors (Lipinski definition) is 5. The fourth-order valence-corrected chi connectivity index (χ4v) is 3.48. The van der Waals surface area contributed by atoms with E-state index in [1.54, 1.807) is 12.1 Å². The molecule has 156 valence electrons. The molecular formula is C23H20FN5O2. The summed E-state index contributed by atoms with van der Waals surface area (Å²) in [5.74, 6) is -0.161. The van der Waals surface area contributed by atoms with Crippen LogP contribution in [0, 0.1) is 24.1 Å². The Morgan fingerprint density at radius 2 is 2.00 bits per heavy atom. The van der Waals surface area contributed by atoms with Gasteiger partial charge in [-0.3, -0.25) is 4.79 Å². The van der Waals surface area contributed by atoms with Gasteiger partial charge < -0.3 is 15.5 Å². The molecule has 2 heterocycles. The van der Waals surface area contributed by atoms with Crippen molar-refractivity contribution in [1.82, 2.24) is 15.1 Å². The molecule has 0 spiro atoms. The van der Waals surface area contributed by atoms with E-state index >= 15 is 0 Å². The van der Waals surface area contributed by atoms with Crippen molar-refractivity contribution in [3.05, 3.63) is 76.9 Å². The quantitative estimate of drug-likeness (QED) is 0.463. The maximum Gasteiger partial charge on any atom is 0.287 e. The Bertz CT molecular complexity index is 1300. The van der Waals surface area contributed by atoms with Gasteiger partial charge in [0.2, 0.25) is 0 Å². The van der Waals surface area contributed by atoms with E-state index in [1.807, 2.05) is 31.2 Å². The lowest BCUT2D eigenvalue weighted by Gasteiger charge is -2.04. The Kier molecular flexibility index (Phi) is 5.41. The van der Waals surface area contributed by atoms with E-state index in [1.165, 1.54) is 16.8 Å². The molecule has 0 fully saturated rings. The molecule has 4 rings (SSSR count). The standard InChI is InChI=1S/C23H20FN5O2/c1-14-17-5-2-3-7-20(17)31-21(14)23(30)27-12-4-6-19-18(13-25)22(26)29(28-19)16-10-8-15(24)9-11-16/h2-3,5,7-11H,4,6,12,26H2,1H3,(H,27,30). The Labute approximate surface area is 177 Å². The lowest BCUT2D eigenvalue weighted by atomic mass is 10.1. The predicted molar refractivity (Wildman–Crippen MR) is 114 cm³/mol. The van der Waals surface area contributed by atoms with Gasteiger partial charge in [0.1, 0.15) is 28.9 Å². The van der Waals surface area contributed by atoms with Crippen LogP contribution in [0.25, 0.3) is 16.7 Å².